The fourth-order valence-electron chi connectivity index (χ4n) is 6.79. The number of aromatic nitrogens is 1. The van der Waals surface area contributed by atoms with Gasteiger partial charge in [-0.15, -0.1) is 0 Å². The van der Waals surface area contributed by atoms with Gasteiger partial charge in [0.05, 0.1) is 22.2 Å². The summed E-state index contributed by atoms with van der Waals surface area (Å²) in [6.45, 7) is 0. The Kier molecular flexibility index (Phi) is 4.96. The van der Waals surface area contributed by atoms with Gasteiger partial charge in [0.15, 0.2) is 7.14 Å². The van der Waals surface area contributed by atoms with Crippen LogP contribution in [0.15, 0.2) is 133 Å². The summed E-state index contributed by atoms with van der Waals surface area (Å²) in [6, 6.07) is 46.5. The van der Waals surface area contributed by atoms with E-state index in [4.69, 9.17) is 0 Å². The highest BCUT2D eigenvalue weighted by Gasteiger charge is 2.48. The van der Waals surface area contributed by atoms with E-state index in [0.29, 0.717) is 0 Å². The Morgan fingerprint density at radius 2 is 1.28 bits per heavy atom. The van der Waals surface area contributed by atoms with Crippen LogP contribution in [0.1, 0.15) is 12.0 Å². The Bertz CT molecular complexity index is 2070. The van der Waals surface area contributed by atoms with Gasteiger partial charge < -0.3 is 9.13 Å². The van der Waals surface area contributed by atoms with Crippen molar-refractivity contribution in [3.8, 4) is 16.8 Å². The number of hydrogen-bond acceptors (Lipinski definition) is 1. The van der Waals surface area contributed by atoms with Crippen molar-refractivity contribution in [3.05, 3.63) is 150 Å². The summed E-state index contributed by atoms with van der Waals surface area (Å²) in [5.74, 6) is 0. The molecule has 3 heteroatoms. The molecule has 0 radical (unpaired) electrons. The molecule has 5 aromatic carbocycles. The van der Waals surface area contributed by atoms with Crippen LogP contribution in [0, 0.1) is 0 Å². The molecule has 2 atom stereocenters. The van der Waals surface area contributed by atoms with Crippen LogP contribution in [0.5, 0.6) is 0 Å². The summed E-state index contributed by atoms with van der Waals surface area (Å²) in [5.41, 5.74) is 6.94. The average Bonchev–Trinajstić information content (AvgIpc) is 3.49. The molecule has 2 heterocycles. The minimum Gasteiger partial charge on any atom is -0.313 e. The van der Waals surface area contributed by atoms with Gasteiger partial charge in [-0.2, -0.15) is 0 Å². The highest BCUT2D eigenvalue weighted by molar-refractivity contribution is 7.80. The number of para-hydroxylation sites is 2. The predicted octanol–water partition coefficient (Wildman–Crippen LogP) is 6.38. The number of hydrogen-bond donors (Lipinski definition) is 0. The SMILES string of the molecule is O=P1(c2ccccc2)c2ccccc2C2=c3c(c4ccccc4n3-c3ccccc3-c3ccccc3)=CCC21. The normalized spacial score (nSPS) is 19.3. The van der Waals surface area contributed by atoms with Crippen molar-refractivity contribution in [2.45, 2.75) is 12.1 Å². The maximum absolute atomic E-state index is 15.3. The second kappa shape index (κ2) is 8.56. The van der Waals surface area contributed by atoms with Crippen LogP contribution < -0.4 is 21.2 Å². The summed E-state index contributed by atoms with van der Waals surface area (Å²) in [4.78, 5) is 0. The molecule has 2 nitrogen and oxygen atoms in total. The largest absolute Gasteiger partial charge is 0.313 e. The monoisotopic (exact) mass is 519 g/mol. The van der Waals surface area contributed by atoms with Gasteiger partial charge in [-0.3, -0.25) is 0 Å². The summed E-state index contributed by atoms with van der Waals surface area (Å²) < 4.78 is 17.7. The summed E-state index contributed by atoms with van der Waals surface area (Å²) >= 11 is 0. The van der Waals surface area contributed by atoms with E-state index < -0.39 is 7.14 Å². The van der Waals surface area contributed by atoms with Crippen LogP contribution in [0.3, 0.4) is 0 Å². The van der Waals surface area contributed by atoms with Crippen LogP contribution in [-0.2, 0) is 4.57 Å². The molecule has 0 amide bonds. The fourth-order valence-corrected chi connectivity index (χ4v) is 10.3. The van der Waals surface area contributed by atoms with Crippen molar-refractivity contribution in [1.82, 2.24) is 4.57 Å². The van der Waals surface area contributed by atoms with Crippen molar-refractivity contribution < 1.29 is 4.57 Å². The van der Waals surface area contributed by atoms with Gasteiger partial charge in [0, 0.05) is 26.8 Å². The maximum atomic E-state index is 15.3. The van der Waals surface area contributed by atoms with Crippen molar-refractivity contribution >= 4 is 40.3 Å². The Morgan fingerprint density at radius 1 is 0.641 bits per heavy atom. The van der Waals surface area contributed by atoms with E-state index in [0.717, 1.165) is 28.3 Å². The first-order valence-electron chi connectivity index (χ1n) is 13.5. The molecule has 186 valence electrons. The number of benzene rings is 5. The van der Waals surface area contributed by atoms with Gasteiger partial charge in [-0.1, -0.05) is 127 Å². The molecule has 0 fully saturated rings. The van der Waals surface area contributed by atoms with E-state index >= 15 is 4.57 Å². The molecule has 2 unspecified atom stereocenters. The fraction of sp³-hybridized carbons (Fsp3) is 0.0556. The van der Waals surface area contributed by atoms with E-state index in [1.807, 2.05) is 24.3 Å². The number of rotatable bonds is 3. The topological polar surface area (TPSA) is 22.0 Å². The molecule has 0 spiro atoms. The third-order valence-electron chi connectivity index (χ3n) is 8.41. The van der Waals surface area contributed by atoms with Gasteiger partial charge in [0.2, 0.25) is 0 Å². The third kappa shape index (κ3) is 3.13. The lowest BCUT2D eigenvalue weighted by Crippen LogP contribution is -2.37. The molecular formula is C36H26NOP. The smallest absolute Gasteiger partial charge is 0.151 e. The highest BCUT2D eigenvalue weighted by atomic mass is 31.2. The second-order valence-electron chi connectivity index (χ2n) is 10.4. The van der Waals surface area contributed by atoms with E-state index in [9.17, 15) is 0 Å². The molecule has 0 saturated carbocycles. The van der Waals surface area contributed by atoms with Crippen LogP contribution in [0.2, 0.25) is 0 Å². The molecule has 8 rings (SSSR count). The maximum Gasteiger partial charge on any atom is 0.151 e. The van der Waals surface area contributed by atoms with Gasteiger partial charge in [-0.25, -0.2) is 0 Å². The molecular weight excluding hydrogens is 493 g/mol. The molecule has 1 aromatic heterocycles. The zero-order valence-corrected chi connectivity index (χ0v) is 22.3. The average molecular weight is 520 g/mol. The van der Waals surface area contributed by atoms with Gasteiger partial charge in [0.25, 0.3) is 0 Å². The molecule has 0 saturated heterocycles. The van der Waals surface area contributed by atoms with Gasteiger partial charge in [0.1, 0.15) is 0 Å². The second-order valence-corrected chi connectivity index (χ2v) is 13.3. The van der Waals surface area contributed by atoms with Crippen LogP contribution in [-0.4, -0.2) is 10.2 Å². The minimum atomic E-state index is -2.91. The lowest BCUT2D eigenvalue weighted by molar-refractivity contribution is 0.584. The first-order valence-corrected chi connectivity index (χ1v) is 15.3. The van der Waals surface area contributed by atoms with Crippen molar-refractivity contribution in [3.63, 3.8) is 0 Å². The van der Waals surface area contributed by atoms with Crippen LogP contribution in [0.4, 0.5) is 0 Å². The van der Waals surface area contributed by atoms with Gasteiger partial charge >= 0.3 is 0 Å². The lowest BCUT2D eigenvalue weighted by atomic mass is 9.96. The van der Waals surface area contributed by atoms with E-state index in [2.05, 4.69) is 120 Å². The minimum absolute atomic E-state index is 0.0863. The zero-order valence-electron chi connectivity index (χ0n) is 21.4. The van der Waals surface area contributed by atoms with E-state index in [1.54, 1.807) is 0 Å². The predicted molar refractivity (Wildman–Crippen MR) is 163 cm³/mol. The first-order chi connectivity index (χ1) is 19.3. The zero-order chi connectivity index (χ0) is 26.0. The van der Waals surface area contributed by atoms with Gasteiger partial charge in [-0.05, 0) is 35.3 Å². The molecule has 1 aliphatic heterocycles. The quantitative estimate of drug-likeness (QED) is 0.249. The van der Waals surface area contributed by atoms with E-state index in [-0.39, 0.29) is 5.66 Å². The molecule has 0 bridgehead atoms. The molecule has 1 aliphatic carbocycles. The van der Waals surface area contributed by atoms with Crippen molar-refractivity contribution in [2.24, 2.45) is 0 Å². The third-order valence-corrected chi connectivity index (χ3v) is 11.9. The first kappa shape index (κ1) is 22.6. The van der Waals surface area contributed by atoms with Crippen LogP contribution in [0.25, 0.3) is 39.4 Å². The summed E-state index contributed by atoms with van der Waals surface area (Å²) in [7, 11) is -2.91. The van der Waals surface area contributed by atoms with Crippen LogP contribution >= 0.6 is 7.14 Å². The standard InChI is InChI=1S/C36H26NOP/c38-39(26-15-5-2-6-16-26)33-22-12-9-19-30(33)35-34(39)24-23-29-28-18-8-11-21-32(28)37(36(29)35)31-20-10-7-17-27(31)25-13-3-1-4-14-25/h1-23,34H,24H2. The molecule has 6 aromatic rings. The Labute approximate surface area is 227 Å². The molecule has 39 heavy (non-hydrogen) atoms. The number of fused-ring (bicyclic) bond motifs is 6. The summed E-state index contributed by atoms with van der Waals surface area (Å²) in [5, 5.41) is 5.60. The van der Waals surface area contributed by atoms with Crippen molar-refractivity contribution in [2.75, 3.05) is 0 Å². The van der Waals surface area contributed by atoms with Crippen molar-refractivity contribution in [1.29, 1.82) is 0 Å². The van der Waals surface area contributed by atoms with E-state index in [1.165, 1.54) is 38.2 Å². The highest BCUT2D eigenvalue weighted by Crippen LogP contribution is 2.60. The Hall–Kier alpha value is -4.39. The summed E-state index contributed by atoms with van der Waals surface area (Å²) in [6.07, 6.45) is 3.10. The Balaban J connectivity index is 1.55. The molecule has 0 N–H and O–H groups in total. The lowest BCUT2D eigenvalue weighted by Gasteiger charge is -2.24. The Morgan fingerprint density at radius 3 is 2.10 bits per heavy atom. The molecule has 2 aliphatic rings. The number of nitrogens with zero attached hydrogens (tertiary/aromatic N) is 1.